The van der Waals surface area contributed by atoms with E-state index in [0.29, 0.717) is 5.39 Å². The van der Waals surface area contributed by atoms with Crippen LogP contribution in [-0.2, 0) is 0 Å². The Hall–Kier alpha value is -2.36. The molecule has 0 radical (unpaired) electrons. The molecule has 0 bridgehead atoms. The molecule has 1 aromatic heterocycles. The zero-order valence-corrected chi connectivity index (χ0v) is 9.15. The number of aromatic hydroxyl groups is 1. The molecule has 0 fully saturated rings. The molecule has 18 heavy (non-hydrogen) atoms. The van der Waals surface area contributed by atoms with Crippen LogP contribution in [0.4, 0.5) is 8.78 Å². The number of hydrogen-bond acceptors (Lipinski definition) is 2. The lowest BCUT2D eigenvalue weighted by molar-refractivity contribution is 0.472. The van der Waals surface area contributed by atoms with E-state index in [-0.39, 0.29) is 22.7 Å². The molecule has 90 valence electrons. The van der Waals surface area contributed by atoms with Crippen LogP contribution in [0, 0.1) is 11.6 Å². The standard InChI is InChI=1S/C14H8F2O2/c15-9-4-5-12(17)10(7-9)13-6-8-2-1-3-11(16)14(8)18-13/h1-7,17H. The second-order valence-corrected chi connectivity index (χ2v) is 3.93. The number of phenols is 1. The van der Waals surface area contributed by atoms with E-state index < -0.39 is 11.6 Å². The number of halogens is 2. The number of phenolic OH excluding ortho intramolecular Hbond substituents is 1. The summed E-state index contributed by atoms with van der Waals surface area (Å²) in [4.78, 5) is 0. The first-order valence-corrected chi connectivity index (χ1v) is 5.32. The Morgan fingerprint density at radius 1 is 1.00 bits per heavy atom. The zero-order valence-electron chi connectivity index (χ0n) is 9.15. The maximum absolute atomic E-state index is 13.5. The summed E-state index contributed by atoms with van der Waals surface area (Å²) in [7, 11) is 0. The van der Waals surface area contributed by atoms with Gasteiger partial charge in [0.2, 0.25) is 0 Å². The molecule has 1 heterocycles. The Balaban J connectivity index is 2.26. The van der Waals surface area contributed by atoms with Gasteiger partial charge in [-0.25, -0.2) is 8.78 Å². The third kappa shape index (κ3) is 1.62. The summed E-state index contributed by atoms with van der Waals surface area (Å²) < 4.78 is 31.9. The van der Waals surface area contributed by atoms with Crippen molar-refractivity contribution in [3.63, 3.8) is 0 Å². The summed E-state index contributed by atoms with van der Waals surface area (Å²) in [6.07, 6.45) is 0. The van der Waals surface area contributed by atoms with Crippen molar-refractivity contribution in [1.29, 1.82) is 0 Å². The number of furan rings is 1. The van der Waals surface area contributed by atoms with Crippen molar-refractivity contribution in [2.24, 2.45) is 0 Å². The van der Waals surface area contributed by atoms with E-state index in [9.17, 15) is 13.9 Å². The van der Waals surface area contributed by atoms with E-state index >= 15 is 0 Å². The van der Waals surface area contributed by atoms with E-state index in [1.54, 1.807) is 18.2 Å². The van der Waals surface area contributed by atoms with Gasteiger partial charge in [-0.15, -0.1) is 0 Å². The molecular formula is C14H8F2O2. The van der Waals surface area contributed by atoms with E-state index in [1.165, 1.54) is 12.1 Å². The van der Waals surface area contributed by atoms with Crippen molar-refractivity contribution in [2.75, 3.05) is 0 Å². The first-order chi connectivity index (χ1) is 8.65. The van der Waals surface area contributed by atoms with Crippen LogP contribution < -0.4 is 0 Å². The van der Waals surface area contributed by atoms with Crippen molar-refractivity contribution in [2.45, 2.75) is 0 Å². The first kappa shape index (κ1) is 10.8. The van der Waals surface area contributed by atoms with E-state index in [0.717, 1.165) is 12.1 Å². The minimum atomic E-state index is -0.497. The lowest BCUT2D eigenvalue weighted by Gasteiger charge is -2.00. The van der Waals surface area contributed by atoms with E-state index in [2.05, 4.69) is 0 Å². The molecule has 4 heteroatoms. The van der Waals surface area contributed by atoms with Gasteiger partial charge in [0, 0.05) is 5.39 Å². The van der Waals surface area contributed by atoms with Crippen LogP contribution in [0.15, 0.2) is 46.9 Å². The van der Waals surface area contributed by atoms with Crippen molar-refractivity contribution < 1.29 is 18.3 Å². The van der Waals surface area contributed by atoms with Crippen molar-refractivity contribution in [3.05, 3.63) is 54.1 Å². The van der Waals surface area contributed by atoms with Crippen LogP contribution in [0.5, 0.6) is 5.75 Å². The van der Waals surface area contributed by atoms with Crippen LogP contribution in [0.2, 0.25) is 0 Å². The van der Waals surface area contributed by atoms with Gasteiger partial charge in [-0.1, -0.05) is 12.1 Å². The quantitative estimate of drug-likeness (QED) is 0.701. The summed E-state index contributed by atoms with van der Waals surface area (Å²) in [6.45, 7) is 0. The highest BCUT2D eigenvalue weighted by molar-refractivity contribution is 5.84. The Kier molecular flexibility index (Phi) is 2.30. The molecule has 0 atom stereocenters. The number of fused-ring (bicyclic) bond motifs is 1. The molecule has 0 aliphatic carbocycles. The van der Waals surface area contributed by atoms with Crippen LogP contribution >= 0.6 is 0 Å². The Morgan fingerprint density at radius 2 is 1.83 bits per heavy atom. The largest absolute Gasteiger partial charge is 0.507 e. The molecule has 0 amide bonds. The minimum Gasteiger partial charge on any atom is -0.507 e. The molecule has 0 saturated carbocycles. The maximum atomic E-state index is 13.5. The van der Waals surface area contributed by atoms with Crippen LogP contribution in [0.3, 0.4) is 0 Å². The molecule has 3 rings (SSSR count). The van der Waals surface area contributed by atoms with Gasteiger partial charge in [-0.3, -0.25) is 0 Å². The van der Waals surface area contributed by atoms with Crippen LogP contribution in [0.1, 0.15) is 0 Å². The highest BCUT2D eigenvalue weighted by atomic mass is 19.1. The first-order valence-electron chi connectivity index (χ1n) is 5.32. The molecule has 0 unspecified atom stereocenters. The molecular weight excluding hydrogens is 238 g/mol. The molecule has 0 aliphatic rings. The Morgan fingerprint density at radius 3 is 2.61 bits per heavy atom. The number of benzene rings is 2. The molecule has 0 aliphatic heterocycles. The number of para-hydroxylation sites is 1. The van der Waals surface area contributed by atoms with Gasteiger partial charge in [0.15, 0.2) is 11.4 Å². The third-order valence-electron chi connectivity index (χ3n) is 2.72. The van der Waals surface area contributed by atoms with Gasteiger partial charge in [0.05, 0.1) is 5.56 Å². The third-order valence-corrected chi connectivity index (χ3v) is 2.72. The fourth-order valence-electron chi connectivity index (χ4n) is 1.87. The number of hydrogen-bond donors (Lipinski definition) is 1. The van der Waals surface area contributed by atoms with E-state index in [4.69, 9.17) is 4.42 Å². The average Bonchev–Trinajstić information content (AvgIpc) is 2.77. The highest BCUT2D eigenvalue weighted by Gasteiger charge is 2.13. The van der Waals surface area contributed by atoms with Gasteiger partial charge in [0.25, 0.3) is 0 Å². The minimum absolute atomic E-state index is 0.0937. The average molecular weight is 246 g/mol. The fourth-order valence-corrected chi connectivity index (χ4v) is 1.87. The molecule has 0 spiro atoms. The predicted octanol–water partition coefficient (Wildman–Crippen LogP) is 4.08. The van der Waals surface area contributed by atoms with Gasteiger partial charge >= 0.3 is 0 Å². The Labute approximate surface area is 101 Å². The summed E-state index contributed by atoms with van der Waals surface area (Å²) in [6, 6.07) is 9.60. The van der Waals surface area contributed by atoms with Gasteiger partial charge < -0.3 is 9.52 Å². The molecule has 1 N–H and O–H groups in total. The van der Waals surface area contributed by atoms with Crippen molar-refractivity contribution >= 4 is 11.0 Å². The smallest absolute Gasteiger partial charge is 0.170 e. The Bertz CT molecular complexity index is 732. The second-order valence-electron chi connectivity index (χ2n) is 3.93. The molecule has 0 saturated heterocycles. The zero-order chi connectivity index (χ0) is 12.7. The summed E-state index contributed by atoms with van der Waals surface area (Å²) in [5, 5.41) is 10.2. The lowest BCUT2D eigenvalue weighted by atomic mass is 10.1. The van der Waals surface area contributed by atoms with Crippen molar-refractivity contribution in [1.82, 2.24) is 0 Å². The van der Waals surface area contributed by atoms with E-state index in [1.807, 2.05) is 0 Å². The van der Waals surface area contributed by atoms with Crippen molar-refractivity contribution in [3.8, 4) is 17.1 Å². The number of rotatable bonds is 1. The molecule has 2 nitrogen and oxygen atoms in total. The van der Waals surface area contributed by atoms with Gasteiger partial charge in [0.1, 0.15) is 17.3 Å². The lowest BCUT2D eigenvalue weighted by Crippen LogP contribution is -1.79. The van der Waals surface area contributed by atoms with Gasteiger partial charge in [-0.2, -0.15) is 0 Å². The second kappa shape index (κ2) is 3.84. The topological polar surface area (TPSA) is 33.4 Å². The summed E-state index contributed by atoms with van der Waals surface area (Å²) in [5.74, 6) is -0.874. The monoisotopic (exact) mass is 246 g/mol. The van der Waals surface area contributed by atoms with Crippen LogP contribution in [0.25, 0.3) is 22.3 Å². The van der Waals surface area contributed by atoms with Gasteiger partial charge in [-0.05, 0) is 30.3 Å². The normalized spacial score (nSPS) is 11.0. The highest BCUT2D eigenvalue weighted by Crippen LogP contribution is 2.34. The van der Waals surface area contributed by atoms with Crippen LogP contribution in [-0.4, -0.2) is 5.11 Å². The maximum Gasteiger partial charge on any atom is 0.170 e. The SMILES string of the molecule is Oc1ccc(F)cc1-c1cc2cccc(F)c2o1. The fraction of sp³-hybridized carbons (Fsp3) is 0. The predicted molar refractivity (Wildman–Crippen MR) is 63.2 cm³/mol. The molecule has 2 aromatic carbocycles. The summed E-state index contributed by atoms with van der Waals surface area (Å²) >= 11 is 0. The summed E-state index contributed by atoms with van der Waals surface area (Å²) in [5.41, 5.74) is 0.293. The molecule has 3 aromatic rings.